The third kappa shape index (κ3) is 18.7. The number of amides is 4. The Kier molecular flexibility index (Phi) is 26.3. The number of carbonyl (C=O) groups is 4. The number of nitrogens with zero attached hydrogens (tertiary/aromatic N) is 14. The highest BCUT2D eigenvalue weighted by Crippen LogP contribution is 2.49. The number of pyridine rings is 6. The molecule has 10 heterocycles. The van der Waals surface area contributed by atoms with Crippen molar-refractivity contribution in [2.45, 2.75) is 42.3 Å². The van der Waals surface area contributed by atoms with Crippen molar-refractivity contribution in [2.24, 2.45) is 20.4 Å². The Morgan fingerprint density at radius 2 is 0.703 bits per heavy atom. The molecule has 33 heteroatoms. The second-order valence-corrected chi connectivity index (χ2v) is 29.8. The summed E-state index contributed by atoms with van der Waals surface area (Å²) in [5.74, 6) is -6.01. The average Bonchev–Trinajstić information content (AvgIpc) is 1.66. The van der Waals surface area contributed by atoms with Gasteiger partial charge in [0.05, 0.1) is 34.0 Å². The number of hydrogen-bond acceptors (Lipinski definition) is 23. The first-order valence-corrected chi connectivity index (χ1v) is 39.1. The first-order valence-electron chi connectivity index (χ1n) is 35.5. The number of hydrazone groups is 4. The van der Waals surface area contributed by atoms with Crippen LogP contribution in [-0.2, 0) is 0 Å². The molecule has 0 fully saturated rings. The lowest BCUT2D eigenvalue weighted by Crippen LogP contribution is -2.28. The lowest BCUT2D eigenvalue weighted by molar-refractivity contribution is 0.0731. The maximum Gasteiger partial charge on any atom is 0.281 e. The minimum atomic E-state index is -1.35. The average molecular weight is 1670 g/mol. The number of thioether (sulfide) groups is 4. The highest BCUT2D eigenvalue weighted by atomic mass is 32.2. The van der Waals surface area contributed by atoms with E-state index in [-0.39, 0.29) is 39.9 Å². The van der Waals surface area contributed by atoms with E-state index < -0.39 is 68.5 Å². The Balaban J connectivity index is 0.000000136. The molecule has 0 saturated carbocycles. The van der Waals surface area contributed by atoms with Crippen LogP contribution in [0.2, 0.25) is 0 Å². The fraction of sp³-hybridized carbons (Fsp3) is 0.129. The van der Waals surface area contributed by atoms with Gasteiger partial charge in [0.15, 0.2) is 0 Å². The number of ether oxygens (including phenoxy) is 4. The normalized spacial score (nSPS) is 15.8. The van der Waals surface area contributed by atoms with E-state index in [9.17, 15) is 50.6 Å². The van der Waals surface area contributed by atoms with Crippen molar-refractivity contribution < 1.29 is 69.6 Å². The van der Waals surface area contributed by atoms with Crippen LogP contribution < -0.4 is 18.9 Å². The molecule has 0 aliphatic carbocycles. The first-order chi connectivity index (χ1) is 57.1. The summed E-state index contributed by atoms with van der Waals surface area (Å²) in [7, 11) is 5.99. The Labute approximate surface area is 688 Å². The minimum absolute atomic E-state index is 0.130. The van der Waals surface area contributed by atoms with E-state index in [1.165, 1.54) is 145 Å². The molecule has 4 atom stereocenters. The molecule has 16 rings (SSSR count). The molecule has 12 aromatic rings. The molecule has 23 nitrogen and oxygen atoms in total. The van der Waals surface area contributed by atoms with Crippen molar-refractivity contribution in [1.82, 2.24) is 49.9 Å². The number of para-hydroxylation sites is 1. The van der Waals surface area contributed by atoms with Crippen molar-refractivity contribution in [3.8, 4) is 29.3 Å². The van der Waals surface area contributed by atoms with Crippen LogP contribution in [-0.4, -0.2) is 127 Å². The zero-order chi connectivity index (χ0) is 83.3. The van der Waals surface area contributed by atoms with Crippen LogP contribution >= 0.6 is 47.0 Å². The van der Waals surface area contributed by atoms with Gasteiger partial charge in [-0.3, -0.25) is 29.1 Å². The second-order valence-electron chi connectivity index (χ2n) is 25.5. The van der Waals surface area contributed by atoms with Gasteiger partial charge in [0, 0.05) is 116 Å². The number of aromatic hydroxyl groups is 1. The SMILES string of the molecule is COc1ncccc1C1SC(c2ccc(C)nc2)=NN1C(=O)c1cccc(F)c1.COc1ncccc1C1SC(c2ccc(C)nc2)=NN1C(=O)c1ccccc1C.COc1ncccc1[C@H]1SC(c2ccc(F)cc2)=NN1C(=O)c1c(F)cc(F)cc1F.COc1ncccc1[C@H]1SC(c2ccc(F)cc2)=NN1C(=O)c1ccccc1O. The standard InChI is InChI=1S/C22H20N4O2S.C21H13F4N3O2S.C21H17FN4O2S.C21H16FN3O3S/c1-14-7-4-5-8-17(14)21(27)26-22(18-9-6-12-23-19(18)28-3)29-20(25-26)16-11-10-15(2)24-13-16;1-30-18-14(3-2-8-26-18)21-28(20(29)17-15(24)9-13(23)10-16(17)25)27-19(31-21)11-4-6-12(22)7-5-11;1-13-8-9-15(12-24-13)19-25-26(20(27)14-5-3-6-16(22)11-14)21(29-19)17-7-4-10-23-18(17)28-2;1-28-18-16(6-4-12-23-18)21-25(20(27)15-5-2-3-7-17(15)26)24-19(29-21)13-8-10-14(22)11-9-13/h4-13,22H,1-3H3;2-10,21H,1H3;3-12,21H,1-2H3;2-12,21,26H,1H3/t;21-;;21-/m.1.1/s1. The van der Waals surface area contributed by atoms with E-state index in [0.29, 0.717) is 78.3 Å². The molecule has 0 bridgehead atoms. The fourth-order valence-corrected chi connectivity index (χ4v) is 16.6. The third-order valence-electron chi connectivity index (χ3n) is 17.7. The second kappa shape index (κ2) is 37.6. The van der Waals surface area contributed by atoms with E-state index in [0.717, 1.165) is 55.5 Å². The van der Waals surface area contributed by atoms with Crippen molar-refractivity contribution in [2.75, 3.05) is 28.4 Å². The van der Waals surface area contributed by atoms with Gasteiger partial charge in [0.25, 0.3) is 23.6 Å². The highest BCUT2D eigenvalue weighted by molar-refractivity contribution is 8.15. The zero-order valence-corrected chi connectivity index (χ0v) is 66.5. The number of phenols is 1. The summed E-state index contributed by atoms with van der Waals surface area (Å²) >= 11 is 5.29. The summed E-state index contributed by atoms with van der Waals surface area (Å²) in [5.41, 5.74) is 8.14. The van der Waals surface area contributed by atoms with Gasteiger partial charge in [0.2, 0.25) is 23.5 Å². The molecule has 0 spiro atoms. The van der Waals surface area contributed by atoms with Crippen LogP contribution in [0.4, 0.5) is 26.3 Å². The third-order valence-corrected chi connectivity index (χ3v) is 22.6. The molecule has 6 aromatic carbocycles. The molecule has 4 aliphatic heterocycles. The lowest BCUT2D eigenvalue weighted by Gasteiger charge is -2.22. The van der Waals surface area contributed by atoms with E-state index in [1.807, 2.05) is 87.5 Å². The zero-order valence-electron chi connectivity index (χ0n) is 63.3. The number of phenolic OH excluding ortho intramolecular Hbond substituents is 1. The van der Waals surface area contributed by atoms with Gasteiger partial charge in [0.1, 0.15) is 87.9 Å². The summed E-state index contributed by atoms with van der Waals surface area (Å²) in [4.78, 5) is 78.4. The van der Waals surface area contributed by atoms with E-state index in [1.54, 1.807) is 98.8 Å². The van der Waals surface area contributed by atoms with Gasteiger partial charge >= 0.3 is 0 Å². The molecule has 6 aromatic heterocycles. The van der Waals surface area contributed by atoms with Crippen molar-refractivity contribution in [3.63, 3.8) is 0 Å². The maximum absolute atomic E-state index is 14.3. The molecular formula is C85H66F6N14O9S4. The highest BCUT2D eigenvalue weighted by Gasteiger charge is 2.42. The summed E-state index contributed by atoms with van der Waals surface area (Å²) in [6.07, 6.45) is 9.86. The predicted molar refractivity (Wildman–Crippen MR) is 438 cm³/mol. The number of halogens is 6. The summed E-state index contributed by atoms with van der Waals surface area (Å²) < 4.78 is 104. The molecule has 0 saturated heterocycles. The maximum atomic E-state index is 14.3. The van der Waals surface area contributed by atoms with Gasteiger partial charge in [-0.15, -0.1) is 0 Å². The smallest absolute Gasteiger partial charge is 0.281 e. The monoisotopic (exact) mass is 1670 g/mol. The molecule has 0 radical (unpaired) electrons. The lowest BCUT2D eigenvalue weighted by atomic mass is 10.1. The number of aryl methyl sites for hydroxylation is 3. The van der Waals surface area contributed by atoms with Gasteiger partial charge in [-0.25, -0.2) is 66.3 Å². The summed E-state index contributed by atoms with van der Waals surface area (Å²) in [6, 6.07) is 53.3. The molecular weight excluding hydrogens is 1600 g/mol. The largest absolute Gasteiger partial charge is 0.507 e. The number of benzene rings is 6. The van der Waals surface area contributed by atoms with E-state index in [4.69, 9.17) is 18.9 Å². The molecule has 596 valence electrons. The molecule has 4 amide bonds. The molecule has 118 heavy (non-hydrogen) atoms. The Morgan fingerprint density at radius 3 is 1.08 bits per heavy atom. The number of hydrogen-bond donors (Lipinski definition) is 1. The Bertz CT molecular complexity index is 5670. The van der Waals surface area contributed by atoms with Crippen molar-refractivity contribution >= 4 is 90.9 Å². The van der Waals surface area contributed by atoms with Gasteiger partial charge < -0.3 is 24.1 Å². The van der Waals surface area contributed by atoms with Crippen LogP contribution in [0.25, 0.3) is 0 Å². The number of aromatic nitrogens is 6. The number of rotatable bonds is 16. The first kappa shape index (κ1) is 82.7. The van der Waals surface area contributed by atoms with E-state index in [2.05, 4.69) is 50.3 Å². The van der Waals surface area contributed by atoms with Crippen LogP contribution in [0.5, 0.6) is 29.3 Å². The topological polar surface area (TPSA) is 265 Å². The van der Waals surface area contributed by atoms with Crippen LogP contribution in [0, 0.1) is 55.7 Å². The summed E-state index contributed by atoms with van der Waals surface area (Å²) in [5, 5.41) is 33.0. The fourth-order valence-electron chi connectivity index (χ4n) is 12.0. The molecule has 4 aliphatic rings. The van der Waals surface area contributed by atoms with Crippen LogP contribution in [0.1, 0.15) is 124 Å². The van der Waals surface area contributed by atoms with Gasteiger partial charge in [-0.05, 0) is 184 Å². The van der Waals surface area contributed by atoms with E-state index >= 15 is 0 Å². The molecule has 2 unspecified atom stereocenters. The quantitative estimate of drug-likeness (QED) is 0.0881. The minimum Gasteiger partial charge on any atom is -0.507 e. The Hall–Kier alpha value is -13.2. The van der Waals surface area contributed by atoms with Crippen molar-refractivity contribution in [1.29, 1.82) is 0 Å². The Morgan fingerprint density at radius 1 is 0.347 bits per heavy atom. The van der Waals surface area contributed by atoms with Crippen LogP contribution in [0.15, 0.2) is 264 Å². The van der Waals surface area contributed by atoms with Gasteiger partial charge in [-0.2, -0.15) is 20.4 Å². The predicted octanol–water partition coefficient (Wildman–Crippen LogP) is 17.6. The number of carbonyl (C=O) groups excluding carboxylic acids is 4. The van der Waals surface area contributed by atoms with Gasteiger partial charge in [-0.1, -0.05) is 83.4 Å². The summed E-state index contributed by atoms with van der Waals surface area (Å²) in [6.45, 7) is 5.76. The molecule has 1 N–H and O–H groups in total. The van der Waals surface area contributed by atoms with Crippen molar-refractivity contribution in [3.05, 3.63) is 362 Å². The number of methoxy groups -OCH3 is 4. The van der Waals surface area contributed by atoms with Crippen LogP contribution in [0.3, 0.4) is 0 Å².